The molecular formula is C34H36F3N5O3. The minimum Gasteiger partial charge on any atom is -0.390 e. The zero-order chi connectivity index (χ0) is 32.0. The number of aromatic nitrogens is 2. The van der Waals surface area contributed by atoms with Crippen molar-refractivity contribution in [2.45, 2.75) is 50.2 Å². The van der Waals surface area contributed by atoms with E-state index in [1.54, 1.807) is 39.9 Å². The number of hydrogen-bond donors (Lipinski definition) is 3. The van der Waals surface area contributed by atoms with Crippen LogP contribution >= 0.6 is 0 Å². The Kier molecular flexibility index (Phi) is 9.99. The number of amides is 2. The van der Waals surface area contributed by atoms with Crippen LogP contribution < -0.4 is 10.6 Å². The van der Waals surface area contributed by atoms with Crippen molar-refractivity contribution < 1.29 is 27.9 Å². The van der Waals surface area contributed by atoms with Crippen LogP contribution in [-0.4, -0.2) is 56.8 Å². The first-order valence-electron chi connectivity index (χ1n) is 14.9. The fourth-order valence-corrected chi connectivity index (χ4v) is 5.65. The summed E-state index contributed by atoms with van der Waals surface area (Å²) in [7, 11) is 1.83. The average Bonchev–Trinajstić information content (AvgIpc) is 3.70. The van der Waals surface area contributed by atoms with Gasteiger partial charge in [0.2, 0.25) is 0 Å². The van der Waals surface area contributed by atoms with E-state index in [2.05, 4.69) is 15.7 Å². The van der Waals surface area contributed by atoms with Gasteiger partial charge in [-0.05, 0) is 60.7 Å². The average molecular weight is 620 g/mol. The molecule has 2 amide bonds. The zero-order valence-corrected chi connectivity index (χ0v) is 24.9. The minimum absolute atomic E-state index is 0.0242. The monoisotopic (exact) mass is 619 g/mol. The van der Waals surface area contributed by atoms with Gasteiger partial charge < -0.3 is 20.6 Å². The second-order valence-electron chi connectivity index (χ2n) is 11.3. The number of carbonyl (C=O) groups is 2. The van der Waals surface area contributed by atoms with Crippen LogP contribution in [0.1, 0.15) is 62.0 Å². The number of aliphatic hydroxyl groups is 1. The third-order valence-corrected chi connectivity index (χ3v) is 7.98. The van der Waals surface area contributed by atoms with Crippen LogP contribution in [0.4, 0.5) is 13.2 Å². The summed E-state index contributed by atoms with van der Waals surface area (Å²) in [6.45, 7) is 0.721. The first-order chi connectivity index (χ1) is 21.6. The van der Waals surface area contributed by atoms with Gasteiger partial charge in [-0.3, -0.25) is 14.3 Å². The van der Waals surface area contributed by atoms with Gasteiger partial charge in [0.25, 0.3) is 11.8 Å². The largest absolute Gasteiger partial charge is 0.416 e. The van der Waals surface area contributed by atoms with E-state index in [4.69, 9.17) is 0 Å². The van der Waals surface area contributed by atoms with Crippen molar-refractivity contribution in [3.8, 4) is 0 Å². The molecule has 1 aliphatic rings. The Morgan fingerprint density at radius 3 is 2.44 bits per heavy atom. The Balaban J connectivity index is 1.26. The fourth-order valence-electron chi connectivity index (χ4n) is 5.65. The van der Waals surface area contributed by atoms with Crippen LogP contribution in [0.25, 0.3) is 0 Å². The first-order valence-corrected chi connectivity index (χ1v) is 14.9. The summed E-state index contributed by atoms with van der Waals surface area (Å²) in [6, 6.07) is 21.9. The van der Waals surface area contributed by atoms with Crippen LogP contribution in [0.3, 0.4) is 0 Å². The van der Waals surface area contributed by atoms with E-state index in [1.165, 1.54) is 6.07 Å². The highest BCUT2D eigenvalue weighted by Gasteiger charge is 2.33. The van der Waals surface area contributed by atoms with Crippen molar-refractivity contribution >= 4 is 11.8 Å². The number of likely N-dealkylation sites (tertiary alicyclic amines) is 1. The summed E-state index contributed by atoms with van der Waals surface area (Å²) in [5, 5.41) is 21.5. The zero-order valence-electron chi connectivity index (χ0n) is 24.9. The summed E-state index contributed by atoms with van der Waals surface area (Å²) in [5.74, 6) is -0.636. The van der Waals surface area contributed by atoms with Crippen LogP contribution in [0.15, 0.2) is 91.1 Å². The molecule has 1 aliphatic heterocycles. The van der Waals surface area contributed by atoms with E-state index in [0.717, 1.165) is 36.2 Å². The van der Waals surface area contributed by atoms with Gasteiger partial charge >= 0.3 is 6.18 Å². The summed E-state index contributed by atoms with van der Waals surface area (Å²) in [4.78, 5) is 28.8. The molecule has 236 valence electrons. The summed E-state index contributed by atoms with van der Waals surface area (Å²) >= 11 is 0. The Morgan fingerprint density at radius 2 is 1.71 bits per heavy atom. The maximum absolute atomic E-state index is 13.5. The molecule has 3 N–H and O–H groups in total. The number of benzene rings is 3. The van der Waals surface area contributed by atoms with Gasteiger partial charge in [0.1, 0.15) is 0 Å². The number of halogens is 3. The van der Waals surface area contributed by atoms with E-state index >= 15 is 0 Å². The highest BCUT2D eigenvalue weighted by Crippen LogP contribution is 2.32. The normalized spacial score (nSPS) is 16.4. The molecular weight excluding hydrogens is 583 g/mol. The molecule has 0 aliphatic carbocycles. The van der Waals surface area contributed by atoms with Crippen molar-refractivity contribution in [3.05, 3.63) is 125 Å². The summed E-state index contributed by atoms with van der Waals surface area (Å²) in [5.41, 5.74) is 2.06. The van der Waals surface area contributed by atoms with Gasteiger partial charge in [0, 0.05) is 44.0 Å². The van der Waals surface area contributed by atoms with Gasteiger partial charge in [-0.1, -0.05) is 54.6 Å². The van der Waals surface area contributed by atoms with Gasteiger partial charge in [0.15, 0.2) is 0 Å². The lowest BCUT2D eigenvalue weighted by Gasteiger charge is -2.25. The molecule has 4 aromatic rings. The van der Waals surface area contributed by atoms with E-state index in [0.29, 0.717) is 24.1 Å². The topological polar surface area (TPSA) is 99.5 Å². The Labute approximate surface area is 259 Å². The smallest absolute Gasteiger partial charge is 0.390 e. The van der Waals surface area contributed by atoms with Crippen molar-refractivity contribution in [2.75, 3.05) is 13.1 Å². The number of aryl methyl sites for hydroxylation is 1. The molecule has 3 aromatic carbocycles. The standard InChI is InChI=1S/C34H36F3N5O3/c1-41-17-15-28(40-41)30-14-7-16-42(30)33(45)26-12-6-11-25(20-26)32(44)39-29(19-23-8-3-2-4-9-23)31(43)22-38-21-24-10-5-13-27(18-24)34(35,36)37/h2-6,8-13,15,17-18,20,29-31,38,43H,7,14,16,19,21-22H2,1H3,(H,39,44)/t29-,30?,31-/m0/s1. The Morgan fingerprint density at radius 1 is 0.978 bits per heavy atom. The molecule has 3 atom stereocenters. The lowest BCUT2D eigenvalue weighted by Crippen LogP contribution is -2.48. The highest BCUT2D eigenvalue weighted by molar-refractivity contribution is 6.00. The van der Waals surface area contributed by atoms with Crippen molar-refractivity contribution in [1.29, 1.82) is 0 Å². The van der Waals surface area contributed by atoms with Crippen molar-refractivity contribution in [1.82, 2.24) is 25.3 Å². The van der Waals surface area contributed by atoms with Crippen LogP contribution in [0.2, 0.25) is 0 Å². The van der Waals surface area contributed by atoms with Crippen molar-refractivity contribution in [2.24, 2.45) is 7.05 Å². The number of hydrogen-bond acceptors (Lipinski definition) is 5. The predicted molar refractivity (Wildman–Crippen MR) is 163 cm³/mol. The molecule has 2 heterocycles. The second kappa shape index (κ2) is 14.1. The molecule has 1 aromatic heterocycles. The fraction of sp³-hybridized carbons (Fsp3) is 0.324. The molecule has 0 bridgehead atoms. The Hall–Kier alpha value is -4.48. The van der Waals surface area contributed by atoms with E-state index in [1.807, 2.05) is 49.6 Å². The maximum Gasteiger partial charge on any atom is 0.416 e. The lowest BCUT2D eigenvalue weighted by atomic mass is 10.00. The number of alkyl halides is 3. The lowest BCUT2D eigenvalue weighted by molar-refractivity contribution is -0.137. The van der Waals surface area contributed by atoms with Gasteiger partial charge in [0.05, 0.1) is 29.4 Å². The van der Waals surface area contributed by atoms with Gasteiger partial charge in [-0.15, -0.1) is 0 Å². The van der Waals surface area contributed by atoms with Crippen molar-refractivity contribution in [3.63, 3.8) is 0 Å². The molecule has 0 saturated carbocycles. The molecule has 45 heavy (non-hydrogen) atoms. The molecule has 8 nitrogen and oxygen atoms in total. The minimum atomic E-state index is -4.45. The SMILES string of the molecule is Cn1ccc(C2CCCN2C(=O)c2cccc(C(=O)N[C@@H](Cc3ccccc3)[C@@H](O)CNCc3cccc(C(F)(F)F)c3)c2)n1. The van der Waals surface area contributed by atoms with Crippen LogP contribution in [-0.2, 0) is 26.2 Å². The van der Waals surface area contributed by atoms with E-state index < -0.39 is 29.8 Å². The maximum atomic E-state index is 13.5. The van der Waals surface area contributed by atoms with Gasteiger partial charge in [-0.2, -0.15) is 18.3 Å². The summed E-state index contributed by atoms with van der Waals surface area (Å²) in [6.07, 6.45) is -1.68. The second-order valence-corrected chi connectivity index (χ2v) is 11.3. The van der Waals surface area contributed by atoms with Gasteiger partial charge in [-0.25, -0.2) is 0 Å². The first kappa shape index (κ1) is 31.9. The number of nitrogens with one attached hydrogen (secondary N) is 2. The molecule has 0 radical (unpaired) electrons. The van der Waals surface area contributed by atoms with Crippen LogP contribution in [0.5, 0.6) is 0 Å². The quantitative estimate of drug-likeness (QED) is 0.222. The molecule has 1 fully saturated rings. The number of aliphatic hydroxyl groups excluding tert-OH is 1. The molecule has 1 saturated heterocycles. The summed E-state index contributed by atoms with van der Waals surface area (Å²) < 4.78 is 41.0. The van der Waals surface area contributed by atoms with E-state index in [-0.39, 0.29) is 30.6 Å². The van der Waals surface area contributed by atoms with E-state index in [9.17, 15) is 27.9 Å². The Bertz CT molecular complexity index is 1610. The molecule has 1 unspecified atom stereocenters. The number of rotatable bonds is 11. The highest BCUT2D eigenvalue weighted by atomic mass is 19.4. The molecule has 5 rings (SSSR count). The van der Waals surface area contributed by atoms with Crippen LogP contribution in [0, 0.1) is 0 Å². The molecule has 11 heteroatoms. The third-order valence-electron chi connectivity index (χ3n) is 7.98. The number of carbonyl (C=O) groups excluding carboxylic acids is 2. The third kappa shape index (κ3) is 8.17. The predicted octanol–water partition coefficient (Wildman–Crippen LogP) is 4.91. The number of nitrogens with zero attached hydrogens (tertiary/aromatic N) is 3. The molecule has 0 spiro atoms.